The van der Waals surface area contributed by atoms with Gasteiger partial charge in [-0.2, -0.15) is 0 Å². The molecule has 0 N–H and O–H groups in total. The molecule has 1 saturated heterocycles. The molecular formula is C24H31NO. The second-order valence-electron chi connectivity index (χ2n) is 8.12. The largest absolute Gasteiger partial charge is 0.497 e. The van der Waals surface area contributed by atoms with Crippen molar-refractivity contribution in [1.82, 2.24) is 4.90 Å². The van der Waals surface area contributed by atoms with Crippen LogP contribution in [-0.2, 0) is 11.8 Å². The van der Waals surface area contributed by atoms with Gasteiger partial charge < -0.3 is 9.64 Å². The van der Waals surface area contributed by atoms with E-state index in [9.17, 15) is 0 Å². The fraction of sp³-hybridized carbons (Fsp3) is 0.500. The summed E-state index contributed by atoms with van der Waals surface area (Å²) in [5.74, 6) is 1.79. The standard InChI is InChI=1S/C24H31NO/c1-26-23-12-5-10-21(18-23)24-14-6-11-22(24)19-25(16-7-15-24)17-13-20-8-3-2-4-9-20/h2-5,8-10,12,18,22H,6-7,11,13-17,19H2,1H3/t22-,24-/m0/s1. The minimum Gasteiger partial charge on any atom is -0.497 e. The van der Waals surface area contributed by atoms with E-state index in [0.29, 0.717) is 5.41 Å². The van der Waals surface area contributed by atoms with E-state index in [1.54, 1.807) is 7.11 Å². The lowest BCUT2D eigenvalue weighted by Gasteiger charge is -2.36. The van der Waals surface area contributed by atoms with Gasteiger partial charge in [-0.1, -0.05) is 48.9 Å². The average Bonchev–Trinajstić information content (AvgIpc) is 3.01. The van der Waals surface area contributed by atoms with E-state index in [1.165, 1.54) is 69.3 Å². The highest BCUT2D eigenvalue weighted by Gasteiger charge is 2.45. The van der Waals surface area contributed by atoms with Crippen LogP contribution in [-0.4, -0.2) is 31.6 Å². The summed E-state index contributed by atoms with van der Waals surface area (Å²) in [7, 11) is 1.78. The van der Waals surface area contributed by atoms with Crippen LogP contribution in [0.2, 0.25) is 0 Å². The smallest absolute Gasteiger partial charge is 0.119 e. The average molecular weight is 350 g/mol. The van der Waals surface area contributed by atoms with Crippen molar-refractivity contribution in [2.45, 2.75) is 43.9 Å². The molecule has 2 fully saturated rings. The zero-order chi connectivity index (χ0) is 17.8. The van der Waals surface area contributed by atoms with E-state index in [2.05, 4.69) is 59.5 Å². The Morgan fingerprint density at radius 3 is 2.73 bits per heavy atom. The third kappa shape index (κ3) is 3.53. The molecule has 0 bridgehead atoms. The Morgan fingerprint density at radius 2 is 1.88 bits per heavy atom. The first-order valence-corrected chi connectivity index (χ1v) is 10.2. The molecule has 2 atom stereocenters. The van der Waals surface area contributed by atoms with E-state index in [1.807, 2.05) is 0 Å². The summed E-state index contributed by atoms with van der Waals surface area (Å²) < 4.78 is 5.52. The van der Waals surface area contributed by atoms with Crippen molar-refractivity contribution >= 4 is 0 Å². The highest BCUT2D eigenvalue weighted by molar-refractivity contribution is 5.36. The maximum atomic E-state index is 5.52. The van der Waals surface area contributed by atoms with Gasteiger partial charge in [0, 0.05) is 13.1 Å². The van der Waals surface area contributed by atoms with E-state index < -0.39 is 0 Å². The molecule has 1 aliphatic heterocycles. The molecule has 2 aliphatic rings. The van der Waals surface area contributed by atoms with Crippen molar-refractivity contribution in [1.29, 1.82) is 0 Å². The molecule has 2 aromatic rings. The van der Waals surface area contributed by atoms with Crippen LogP contribution in [0.3, 0.4) is 0 Å². The van der Waals surface area contributed by atoms with Crippen LogP contribution in [0, 0.1) is 5.92 Å². The third-order valence-electron chi connectivity index (χ3n) is 6.74. The van der Waals surface area contributed by atoms with E-state index in [-0.39, 0.29) is 0 Å². The fourth-order valence-electron chi connectivity index (χ4n) is 5.35. The molecule has 0 radical (unpaired) electrons. The number of hydrogen-bond donors (Lipinski definition) is 0. The Balaban J connectivity index is 1.49. The van der Waals surface area contributed by atoms with Crippen molar-refractivity contribution in [3.63, 3.8) is 0 Å². The quantitative estimate of drug-likeness (QED) is 0.747. The molecule has 138 valence electrons. The van der Waals surface area contributed by atoms with Crippen molar-refractivity contribution in [2.24, 2.45) is 5.92 Å². The van der Waals surface area contributed by atoms with E-state index in [0.717, 1.165) is 11.7 Å². The van der Waals surface area contributed by atoms with Gasteiger partial charge in [0.05, 0.1) is 7.11 Å². The molecule has 4 rings (SSSR count). The Labute approximate surface area is 158 Å². The molecule has 1 saturated carbocycles. The lowest BCUT2D eigenvalue weighted by molar-refractivity contribution is 0.223. The number of ether oxygens (including phenoxy) is 1. The predicted molar refractivity (Wildman–Crippen MR) is 108 cm³/mol. The minimum absolute atomic E-state index is 0.371. The van der Waals surface area contributed by atoms with Crippen LogP contribution in [0.15, 0.2) is 54.6 Å². The number of methoxy groups -OCH3 is 1. The molecule has 2 heteroatoms. The van der Waals surface area contributed by atoms with Crippen molar-refractivity contribution in [3.05, 3.63) is 65.7 Å². The number of nitrogens with zero attached hydrogens (tertiary/aromatic N) is 1. The predicted octanol–water partition coefficient (Wildman–Crippen LogP) is 5.07. The summed E-state index contributed by atoms with van der Waals surface area (Å²) in [4.78, 5) is 2.73. The van der Waals surface area contributed by atoms with E-state index >= 15 is 0 Å². The van der Waals surface area contributed by atoms with Gasteiger partial charge in [-0.15, -0.1) is 0 Å². The molecule has 1 heterocycles. The van der Waals surface area contributed by atoms with Gasteiger partial charge in [0.25, 0.3) is 0 Å². The molecule has 0 spiro atoms. The first-order chi connectivity index (χ1) is 12.8. The number of hydrogen-bond acceptors (Lipinski definition) is 2. The Bertz CT molecular complexity index is 713. The first kappa shape index (κ1) is 17.6. The number of rotatable bonds is 5. The number of likely N-dealkylation sites (tertiary alicyclic amines) is 1. The van der Waals surface area contributed by atoms with E-state index in [4.69, 9.17) is 4.74 Å². The lowest BCUT2D eigenvalue weighted by atomic mass is 9.69. The Hall–Kier alpha value is -1.80. The molecular weight excluding hydrogens is 318 g/mol. The Morgan fingerprint density at radius 1 is 1.04 bits per heavy atom. The monoisotopic (exact) mass is 349 g/mol. The van der Waals surface area contributed by atoms with Crippen molar-refractivity contribution < 1.29 is 4.74 Å². The maximum Gasteiger partial charge on any atom is 0.119 e. The zero-order valence-electron chi connectivity index (χ0n) is 16.0. The third-order valence-corrected chi connectivity index (χ3v) is 6.74. The van der Waals surface area contributed by atoms with Gasteiger partial charge in [0.15, 0.2) is 0 Å². The van der Waals surface area contributed by atoms with Crippen LogP contribution < -0.4 is 4.74 Å². The van der Waals surface area contributed by atoms with Gasteiger partial charge in [-0.3, -0.25) is 0 Å². The maximum absolute atomic E-state index is 5.52. The van der Waals surface area contributed by atoms with Gasteiger partial charge in [-0.05, 0) is 73.2 Å². The SMILES string of the molecule is COc1cccc([C@@]23CCC[C@H]2CN(CCc2ccccc2)CCC3)c1. The Kier molecular flexibility index (Phi) is 5.31. The normalized spacial score (nSPS) is 26.3. The summed E-state index contributed by atoms with van der Waals surface area (Å²) in [6, 6.07) is 19.8. The van der Waals surface area contributed by atoms with Crippen LogP contribution in [0.1, 0.15) is 43.2 Å². The van der Waals surface area contributed by atoms with Gasteiger partial charge in [0.2, 0.25) is 0 Å². The molecule has 1 aliphatic carbocycles. The molecule has 2 nitrogen and oxygen atoms in total. The molecule has 0 aromatic heterocycles. The summed E-state index contributed by atoms with van der Waals surface area (Å²) in [6.07, 6.45) is 7.89. The van der Waals surface area contributed by atoms with Crippen LogP contribution in [0.5, 0.6) is 5.75 Å². The lowest BCUT2D eigenvalue weighted by Crippen LogP contribution is -2.36. The highest BCUT2D eigenvalue weighted by atomic mass is 16.5. The van der Waals surface area contributed by atoms with Gasteiger partial charge >= 0.3 is 0 Å². The summed E-state index contributed by atoms with van der Waals surface area (Å²) in [5, 5.41) is 0. The molecule has 26 heavy (non-hydrogen) atoms. The highest BCUT2D eigenvalue weighted by Crippen LogP contribution is 2.50. The second kappa shape index (κ2) is 7.84. The molecule has 2 aromatic carbocycles. The second-order valence-corrected chi connectivity index (χ2v) is 8.12. The summed E-state index contributed by atoms with van der Waals surface area (Å²) in [5.41, 5.74) is 3.35. The van der Waals surface area contributed by atoms with Crippen LogP contribution in [0.25, 0.3) is 0 Å². The van der Waals surface area contributed by atoms with Crippen molar-refractivity contribution in [2.75, 3.05) is 26.7 Å². The van der Waals surface area contributed by atoms with Gasteiger partial charge in [-0.25, -0.2) is 0 Å². The zero-order valence-corrected chi connectivity index (χ0v) is 16.0. The molecule has 0 amide bonds. The van der Waals surface area contributed by atoms with Gasteiger partial charge in [0.1, 0.15) is 5.75 Å². The van der Waals surface area contributed by atoms with Crippen molar-refractivity contribution in [3.8, 4) is 5.75 Å². The fourth-order valence-corrected chi connectivity index (χ4v) is 5.35. The minimum atomic E-state index is 0.371. The number of benzene rings is 2. The topological polar surface area (TPSA) is 12.5 Å². The van der Waals surface area contributed by atoms with Crippen LogP contribution in [0.4, 0.5) is 0 Å². The molecule has 0 unspecified atom stereocenters. The summed E-state index contributed by atoms with van der Waals surface area (Å²) in [6.45, 7) is 3.69. The van der Waals surface area contributed by atoms with Crippen LogP contribution >= 0.6 is 0 Å². The summed E-state index contributed by atoms with van der Waals surface area (Å²) >= 11 is 0. The number of fused-ring (bicyclic) bond motifs is 1. The first-order valence-electron chi connectivity index (χ1n) is 10.2.